The monoisotopic (exact) mass is 361 g/mol. The largest absolute Gasteiger partial charge is 0.493 e. The second kappa shape index (κ2) is 8.76. The Kier molecular flexibility index (Phi) is 6.41. The van der Waals surface area contributed by atoms with Crippen molar-refractivity contribution in [1.82, 2.24) is 5.32 Å². The predicted octanol–water partition coefficient (Wildman–Crippen LogP) is 1.73. The van der Waals surface area contributed by atoms with Gasteiger partial charge in [-0.3, -0.25) is 4.79 Å². The van der Waals surface area contributed by atoms with Gasteiger partial charge in [0, 0.05) is 18.5 Å². The second-order valence-electron chi connectivity index (χ2n) is 7.78. The molecular weight excluding hydrogens is 328 g/mol. The Hall–Kier alpha value is -1.75. The van der Waals surface area contributed by atoms with E-state index in [1.165, 1.54) is 48.1 Å². The molecule has 0 radical (unpaired) electrons. The molecule has 2 atom stereocenters. The zero-order chi connectivity index (χ0) is 18.5. The summed E-state index contributed by atoms with van der Waals surface area (Å²) in [7, 11) is 3.34. The van der Waals surface area contributed by atoms with E-state index < -0.39 is 0 Å². The number of amides is 1. The van der Waals surface area contributed by atoms with Crippen molar-refractivity contribution in [2.75, 3.05) is 27.3 Å². The molecule has 0 bridgehead atoms. The molecule has 0 aromatic heterocycles. The first-order valence-corrected chi connectivity index (χ1v) is 9.98. The van der Waals surface area contributed by atoms with Crippen LogP contribution in [0, 0.1) is 5.92 Å². The van der Waals surface area contributed by atoms with Gasteiger partial charge in [0.15, 0.2) is 17.5 Å². The molecule has 1 aliphatic carbocycles. The van der Waals surface area contributed by atoms with Gasteiger partial charge in [-0.2, -0.15) is 0 Å². The van der Waals surface area contributed by atoms with E-state index in [1.807, 2.05) is 0 Å². The number of nitrogens with one attached hydrogen (secondary N) is 2. The second-order valence-corrected chi connectivity index (χ2v) is 7.78. The predicted molar refractivity (Wildman–Crippen MR) is 102 cm³/mol. The standard InChI is InChI=1S/C21H32N2O3/c1-15(21(24)22-13-16-7-5-4-6-8-16)23-10-9-17-11-19(25-2)20(26-3)12-18(17)14-23/h11-12,15-16H,4-10,13-14H2,1-3H3,(H,22,24)/p+1/t15-/m1/s1. The molecule has 5 nitrogen and oxygen atoms in total. The summed E-state index contributed by atoms with van der Waals surface area (Å²) >= 11 is 0. The molecule has 0 saturated heterocycles. The van der Waals surface area contributed by atoms with Gasteiger partial charge in [-0.05, 0) is 43.4 Å². The van der Waals surface area contributed by atoms with Crippen LogP contribution in [0.3, 0.4) is 0 Å². The quantitative estimate of drug-likeness (QED) is 0.811. The molecule has 1 heterocycles. The van der Waals surface area contributed by atoms with E-state index in [2.05, 4.69) is 24.4 Å². The number of carbonyl (C=O) groups excluding carboxylic acids is 1. The molecule has 1 amide bonds. The number of hydrogen-bond donors (Lipinski definition) is 2. The summed E-state index contributed by atoms with van der Waals surface area (Å²) in [5, 5.41) is 3.21. The molecule has 5 heteroatoms. The van der Waals surface area contributed by atoms with Crippen molar-refractivity contribution in [3.8, 4) is 11.5 Å². The lowest BCUT2D eigenvalue weighted by Gasteiger charge is -2.31. The highest BCUT2D eigenvalue weighted by atomic mass is 16.5. The molecule has 0 spiro atoms. The van der Waals surface area contributed by atoms with Crippen LogP contribution >= 0.6 is 0 Å². The number of carbonyl (C=O) groups is 1. The van der Waals surface area contributed by atoms with Crippen molar-refractivity contribution in [2.24, 2.45) is 5.92 Å². The summed E-state index contributed by atoms with van der Waals surface area (Å²) in [4.78, 5) is 14.0. The van der Waals surface area contributed by atoms with Gasteiger partial charge in [-0.15, -0.1) is 0 Å². The number of methoxy groups -OCH3 is 2. The van der Waals surface area contributed by atoms with Gasteiger partial charge in [0.2, 0.25) is 0 Å². The fourth-order valence-electron chi connectivity index (χ4n) is 4.33. The van der Waals surface area contributed by atoms with Crippen LogP contribution < -0.4 is 19.7 Å². The smallest absolute Gasteiger partial charge is 0.278 e. The summed E-state index contributed by atoms with van der Waals surface area (Å²) in [5.74, 6) is 2.41. The van der Waals surface area contributed by atoms with Crippen molar-refractivity contribution in [1.29, 1.82) is 0 Å². The van der Waals surface area contributed by atoms with Crippen LogP contribution in [0.25, 0.3) is 0 Å². The average molecular weight is 362 g/mol. The highest BCUT2D eigenvalue weighted by Gasteiger charge is 2.30. The Labute approximate surface area is 157 Å². The van der Waals surface area contributed by atoms with E-state index in [-0.39, 0.29) is 11.9 Å². The van der Waals surface area contributed by atoms with E-state index in [4.69, 9.17) is 9.47 Å². The van der Waals surface area contributed by atoms with Crippen LogP contribution in [0.15, 0.2) is 12.1 Å². The minimum absolute atomic E-state index is 0.0279. The first-order valence-electron chi connectivity index (χ1n) is 9.98. The summed E-state index contributed by atoms with van der Waals surface area (Å²) in [6.07, 6.45) is 7.48. The van der Waals surface area contributed by atoms with Gasteiger partial charge < -0.3 is 19.7 Å². The molecule has 1 aromatic rings. The Balaban J connectivity index is 1.59. The lowest BCUT2D eigenvalue weighted by Crippen LogP contribution is -3.16. The topological polar surface area (TPSA) is 52.0 Å². The van der Waals surface area contributed by atoms with Crippen molar-refractivity contribution in [3.63, 3.8) is 0 Å². The summed E-state index contributed by atoms with van der Waals surface area (Å²) < 4.78 is 10.8. The summed E-state index contributed by atoms with van der Waals surface area (Å²) in [6.45, 7) is 4.73. The lowest BCUT2D eigenvalue weighted by atomic mass is 9.89. The minimum atomic E-state index is -0.0279. The average Bonchev–Trinajstić information content (AvgIpc) is 2.70. The number of rotatable bonds is 6. The fraction of sp³-hybridized carbons (Fsp3) is 0.667. The number of fused-ring (bicyclic) bond motifs is 1. The van der Waals surface area contributed by atoms with Crippen LogP contribution in [0.1, 0.15) is 50.2 Å². The molecule has 144 valence electrons. The van der Waals surface area contributed by atoms with E-state index in [1.54, 1.807) is 14.2 Å². The van der Waals surface area contributed by atoms with Crippen LogP contribution in [0.4, 0.5) is 0 Å². The maximum atomic E-state index is 12.6. The van der Waals surface area contributed by atoms with Crippen LogP contribution in [0.5, 0.6) is 11.5 Å². The van der Waals surface area contributed by atoms with Crippen LogP contribution in [-0.2, 0) is 17.8 Å². The van der Waals surface area contributed by atoms with Gasteiger partial charge in [0.25, 0.3) is 5.91 Å². The Morgan fingerprint density at radius 2 is 1.81 bits per heavy atom. The van der Waals surface area contributed by atoms with Crippen molar-refractivity contribution >= 4 is 5.91 Å². The normalized spacial score (nSPS) is 21.6. The lowest BCUT2D eigenvalue weighted by molar-refractivity contribution is -0.929. The van der Waals surface area contributed by atoms with Crippen molar-refractivity contribution < 1.29 is 19.2 Å². The molecule has 2 aliphatic rings. The zero-order valence-electron chi connectivity index (χ0n) is 16.4. The first-order chi connectivity index (χ1) is 12.6. The van der Waals surface area contributed by atoms with Gasteiger partial charge in [0.05, 0.1) is 20.8 Å². The molecule has 1 unspecified atom stereocenters. The third-order valence-corrected chi connectivity index (χ3v) is 6.13. The number of quaternary nitrogens is 1. The third-order valence-electron chi connectivity index (χ3n) is 6.13. The molecule has 1 saturated carbocycles. The molecule has 1 aromatic carbocycles. The molecule has 3 rings (SSSR count). The van der Waals surface area contributed by atoms with E-state index in [9.17, 15) is 4.79 Å². The van der Waals surface area contributed by atoms with Crippen molar-refractivity contribution in [3.05, 3.63) is 23.3 Å². The van der Waals surface area contributed by atoms with Gasteiger partial charge >= 0.3 is 0 Å². The SMILES string of the molecule is COc1cc2c(cc1OC)C[NH+]([C@H](C)C(=O)NCC1CCCCC1)CC2. The third kappa shape index (κ3) is 4.32. The highest BCUT2D eigenvalue weighted by Crippen LogP contribution is 2.31. The van der Waals surface area contributed by atoms with Crippen LogP contribution in [-0.4, -0.2) is 39.3 Å². The molecule has 1 fully saturated rings. The summed E-state index contributed by atoms with van der Waals surface area (Å²) in [6, 6.07) is 4.12. The van der Waals surface area contributed by atoms with Gasteiger partial charge in [-0.25, -0.2) is 0 Å². The van der Waals surface area contributed by atoms with E-state index in [0.717, 1.165) is 37.6 Å². The summed E-state index contributed by atoms with van der Waals surface area (Å²) in [5.41, 5.74) is 2.57. The van der Waals surface area contributed by atoms with Crippen molar-refractivity contribution in [2.45, 2.75) is 58.0 Å². The van der Waals surface area contributed by atoms with Gasteiger partial charge in [-0.1, -0.05) is 19.3 Å². The maximum Gasteiger partial charge on any atom is 0.278 e. The highest BCUT2D eigenvalue weighted by molar-refractivity contribution is 5.79. The zero-order valence-corrected chi connectivity index (χ0v) is 16.4. The maximum absolute atomic E-state index is 12.6. The number of hydrogen-bond acceptors (Lipinski definition) is 3. The molecular formula is C21H33N2O3+. The first kappa shape index (κ1) is 19.0. The Morgan fingerprint density at radius 3 is 2.46 bits per heavy atom. The number of benzene rings is 1. The molecule has 26 heavy (non-hydrogen) atoms. The van der Waals surface area contributed by atoms with E-state index in [0.29, 0.717) is 5.92 Å². The van der Waals surface area contributed by atoms with E-state index >= 15 is 0 Å². The fourth-order valence-corrected chi connectivity index (χ4v) is 4.33. The number of ether oxygens (including phenoxy) is 2. The molecule has 2 N–H and O–H groups in total. The Morgan fingerprint density at radius 1 is 1.15 bits per heavy atom. The Bertz CT molecular complexity index is 626. The molecule has 1 aliphatic heterocycles. The minimum Gasteiger partial charge on any atom is -0.493 e. The van der Waals surface area contributed by atoms with Crippen LogP contribution in [0.2, 0.25) is 0 Å². The van der Waals surface area contributed by atoms with Gasteiger partial charge in [0.1, 0.15) is 6.54 Å².